The van der Waals surface area contributed by atoms with Gasteiger partial charge in [0.25, 0.3) is 10.0 Å². The SMILES string of the molecule is O=S(=O)(c1[nH]ncc1CO)N1CC=CCC1. The van der Waals surface area contributed by atoms with Gasteiger partial charge < -0.3 is 5.11 Å². The zero-order valence-corrected chi connectivity index (χ0v) is 9.44. The number of aromatic nitrogens is 2. The molecule has 0 saturated carbocycles. The van der Waals surface area contributed by atoms with Crippen molar-refractivity contribution in [3.8, 4) is 0 Å². The summed E-state index contributed by atoms with van der Waals surface area (Å²) >= 11 is 0. The lowest BCUT2D eigenvalue weighted by Crippen LogP contribution is -2.34. The van der Waals surface area contributed by atoms with Crippen LogP contribution in [0, 0.1) is 0 Å². The van der Waals surface area contributed by atoms with Crippen LogP contribution in [0.25, 0.3) is 0 Å². The minimum absolute atomic E-state index is 0.00898. The van der Waals surface area contributed by atoms with Crippen LogP contribution in [0.1, 0.15) is 12.0 Å². The van der Waals surface area contributed by atoms with Gasteiger partial charge in [-0.2, -0.15) is 9.40 Å². The Morgan fingerprint density at radius 2 is 2.31 bits per heavy atom. The Morgan fingerprint density at radius 3 is 2.94 bits per heavy atom. The molecule has 6 nitrogen and oxygen atoms in total. The van der Waals surface area contributed by atoms with Crippen molar-refractivity contribution in [2.75, 3.05) is 13.1 Å². The molecule has 0 fully saturated rings. The summed E-state index contributed by atoms with van der Waals surface area (Å²) in [7, 11) is -3.56. The van der Waals surface area contributed by atoms with Crippen LogP contribution in [0.3, 0.4) is 0 Å². The first-order valence-corrected chi connectivity index (χ1v) is 6.38. The second-order valence-electron chi connectivity index (χ2n) is 3.51. The second-order valence-corrected chi connectivity index (χ2v) is 5.38. The minimum Gasteiger partial charge on any atom is -0.392 e. The molecular formula is C9H13N3O3S. The Morgan fingerprint density at radius 1 is 1.50 bits per heavy atom. The topological polar surface area (TPSA) is 86.3 Å². The fourth-order valence-electron chi connectivity index (χ4n) is 1.60. The van der Waals surface area contributed by atoms with Gasteiger partial charge >= 0.3 is 0 Å². The largest absolute Gasteiger partial charge is 0.392 e. The summed E-state index contributed by atoms with van der Waals surface area (Å²) < 4.78 is 25.6. The standard InChI is InChI=1S/C9H13N3O3S/c13-7-8-6-10-11-9(8)16(14,15)12-4-2-1-3-5-12/h1-2,6,13H,3-5,7H2,(H,10,11). The summed E-state index contributed by atoms with van der Waals surface area (Å²) in [5.41, 5.74) is 0.301. The maximum atomic E-state index is 12.1. The molecule has 2 N–H and O–H groups in total. The van der Waals surface area contributed by atoms with E-state index < -0.39 is 10.0 Å². The minimum atomic E-state index is -3.56. The van der Waals surface area contributed by atoms with E-state index in [9.17, 15) is 8.42 Å². The number of aliphatic hydroxyl groups is 1. The van der Waals surface area contributed by atoms with Crippen LogP contribution in [0.15, 0.2) is 23.4 Å². The molecule has 2 rings (SSSR count). The quantitative estimate of drug-likeness (QED) is 0.723. The van der Waals surface area contributed by atoms with E-state index in [0.29, 0.717) is 25.1 Å². The Balaban J connectivity index is 2.35. The monoisotopic (exact) mass is 243 g/mol. The van der Waals surface area contributed by atoms with Crippen molar-refractivity contribution in [3.05, 3.63) is 23.9 Å². The molecule has 0 unspecified atom stereocenters. The number of hydrogen-bond acceptors (Lipinski definition) is 4. The first-order chi connectivity index (χ1) is 7.66. The fourth-order valence-corrected chi connectivity index (χ4v) is 3.11. The van der Waals surface area contributed by atoms with Crippen molar-refractivity contribution in [3.63, 3.8) is 0 Å². The van der Waals surface area contributed by atoms with E-state index in [1.165, 1.54) is 10.5 Å². The maximum Gasteiger partial charge on any atom is 0.260 e. The predicted octanol–water partition coefficient (Wildman–Crippen LogP) is -0.147. The molecule has 0 bridgehead atoms. The summed E-state index contributed by atoms with van der Waals surface area (Å²) in [5, 5.41) is 15.1. The molecule has 0 aromatic carbocycles. The molecule has 88 valence electrons. The third-order valence-electron chi connectivity index (χ3n) is 2.47. The molecule has 16 heavy (non-hydrogen) atoms. The Labute approximate surface area is 93.6 Å². The summed E-state index contributed by atoms with van der Waals surface area (Å²) in [6, 6.07) is 0. The van der Waals surface area contributed by atoms with Gasteiger partial charge in [0.1, 0.15) is 0 Å². The highest BCUT2D eigenvalue weighted by Crippen LogP contribution is 2.19. The highest BCUT2D eigenvalue weighted by Gasteiger charge is 2.28. The van der Waals surface area contributed by atoms with Crippen LogP contribution in [-0.2, 0) is 16.6 Å². The molecule has 2 heterocycles. The molecule has 1 aromatic heterocycles. The lowest BCUT2D eigenvalue weighted by Gasteiger charge is -2.22. The predicted molar refractivity (Wildman–Crippen MR) is 57.0 cm³/mol. The summed E-state index contributed by atoms with van der Waals surface area (Å²) in [6.07, 6.45) is 5.80. The van der Waals surface area contributed by atoms with Gasteiger partial charge in [0, 0.05) is 18.7 Å². The second kappa shape index (κ2) is 4.36. The molecule has 7 heteroatoms. The number of sulfonamides is 1. The van der Waals surface area contributed by atoms with Gasteiger partial charge in [-0.1, -0.05) is 12.2 Å². The van der Waals surface area contributed by atoms with Crippen LogP contribution in [0.4, 0.5) is 0 Å². The van der Waals surface area contributed by atoms with E-state index in [2.05, 4.69) is 10.2 Å². The number of rotatable bonds is 3. The van der Waals surface area contributed by atoms with Gasteiger partial charge in [-0.05, 0) is 6.42 Å². The Bertz CT molecular complexity index is 492. The number of aromatic amines is 1. The highest BCUT2D eigenvalue weighted by atomic mass is 32.2. The summed E-state index contributed by atoms with van der Waals surface area (Å²) in [6.45, 7) is 0.490. The average Bonchev–Trinajstić information content (AvgIpc) is 2.79. The lowest BCUT2D eigenvalue weighted by molar-refractivity contribution is 0.278. The van der Waals surface area contributed by atoms with Crippen LogP contribution < -0.4 is 0 Å². The molecule has 0 aliphatic carbocycles. The van der Waals surface area contributed by atoms with Crippen LogP contribution in [-0.4, -0.2) is 41.1 Å². The van der Waals surface area contributed by atoms with E-state index in [4.69, 9.17) is 5.11 Å². The third-order valence-corrected chi connectivity index (χ3v) is 4.35. The van der Waals surface area contributed by atoms with Crippen molar-refractivity contribution in [1.29, 1.82) is 0 Å². The Kier molecular flexibility index (Phi) is 3.08. The third kappa shape index (κ3) is 1.89. The zero-order chi connectivity index (χ0) is 11.6. The van der Waals surface area contributed by atoms with Gasteiger partial charge in [0.2, 0.25) is 0 Å². The van der Waals surface area contributed by atoms with Crippen molar-refractivity contribution < 1.29 is 13.5 Å². The molecule has 1 aliphatic rings. The lowest BCUT2D eigenvalue weighted by atomic mass is 10.3. The van der Waals surface area contributed by atoms with Crippen molar-refractivity contribution >= 4 is 10.0 Å². The van der Waals surface area contributed by atoms with Crippen molar-refractivity contribution in [2.45, 2.75) is 18.1 Å². The zero-order valence-electron chi connectivity index (χ0n) is 8.63. The fraction of sp³-hybridized carbons (Fsp3) is 0.444. The molecular weight excluding hydrogens is 230 g/mol. The van der Waals surface area contributed by atoms with E-state index in [1.54, 1.807) is 0 Å². The first-order valence-electron chi connectivity index (χ1n) is 4.94. The normalized spacial score (nSPS) is 17.8. The molecule has 1 aliphatic heterocycles. The van der Waals surface area contributed by atoms with Crippen LogP contribution >= 0.6 is 0 Å². The highest BCUT2D eigenvalue weighted by molar-refractivity contribution is 7.89. The van der Waals surface area contributed by atoms with Gasteiger partial charge in [0.05, 0.1) is 12.8 Å². The van der Waals surface area contributed by atoms with Crippen LogP contribution in [0.2, 0.25) is 0 Å². The number of nitrogens with zero attached hydrogens (tertiary/aromatic N) is 2. The number of H-pyrrole nitrogens is 1. The van der Waals surface area contributed by atoms with Gasteiger partial charge in [-0.3, -0.25) is 5.10 Å². The summed E-state index contributed by atoms with van der Waals surface area (Å²) in [5.74, 6) is 0. The summed E-state index contributed by atoms with van der Waals surface area (Å²) in [4.78, 5) is 0. The van der Waals surface area contributed by atoms with E-state index in [-0.39, 0.29) is 11.6 Å². The molecule has 0 radical (unpaired) electrons. The van der Waals surface area contributed by atoms with Gasteiger partial charge in [-0.15, -0.1) is 0 Å². The van der Waals surface area contributed by atoms with E-state index in [0.717, 1.165) is 0 Å². The maximum absolute atomic E-state index is 12.1. The average molecular weight is 243 g/mol. The first kappa shape index (κ1) is 11.3. The van der Waals surface area contributed by atoms with Crippen molar-refractivity contribution in [2.24, 2.45) is 0 Å². The van der Waals surface area contributed by atoms with E-state index >= 15 is 0 Å². The van der Waals surface area contributed by atoms with E-state index in [1.807, 2.05) is 12.2 Å². The Hall–Kier alpha value is -1.18. The molecule has 1 aromatic rings. The van der Waals surface area contributed by atoms with Gasteiger partial charge in [-0.25, -0.2) is 8.42 Å². The smallest absolute Gasteiger partial charge is 0.260 e. The number of hydrogen-bond donors (Lipinski definition) is 2. The van der Waals surface area contributed by atoms with Crippen LogP contribution in [0.5, 0.6) is 0 Å². The molecule has 0 atom stereocenters. The number of aliphatic hydroxyl groups excluding tert-OH is 1. The van der Waals surface area contributed by atoms with Gasteiger partial charge in [0.15, 0.2) is 5.03 Å². The molecule has 0 amide bonds. The van der Waals surface area contributed by atoms with Crippen molar-refractivity contribution in [1.82, 2.24) is 14.5 Å². The number of nitrogens with one attached hydrogen (secondary N) is 1. The molecule has 0 saturated heterocycles. The molecule has 0 spiro atoms.